The van der Waals surface area contributed by atoms with Gasteiger partial charge in [0.25, 0.3) is 0 Å². The number of ether oxygens (including phenoxy) is 1. The number of aromatic hydroxyl groups is 5. The Bertz CT molecular complexity index is 2360. The lowest BCUT2D eigenvalue weighted by molar-refractivity contribution is 0.351. The third kappa shape index (κ3) is 3.49. The Morgan fingerprint density at radius 1 is 0.400 bits per heavy atom. The first-order valence-corrected chi connectivity index (χ1v) is 14.0. The zero-order valence-electron chi connectivity index (χ0n) is 23.5. The second kappa shape index (κ2) is 9.41. The van der Waals surface area contributed by atoms with Gasteiger partial charge in [0.1, 0.15) is 40.8 Å². The molecule has 0 spiro atoms. The molecule has 0 atom stereocenters. The summed E-state index contributed by atoms with van der Waals surface area (Å²) in [5.74, 6) is -2.38. The van der Waals surface area contributed by atoms with Crippen molar-refractivity contribution >= 4 is 72.2 Å². The number of benzene rings is 7. The lowest BCUT2D eigenvalue weighted by Gasteiger charge is -2.26. The van der Waals surface area contributed by atoms with Gasteiger partial charge in [-0.3, -0.25) is 0 Å². The van der Waals surface area contributed by atoms with Crippen LogP contribution in [0.3, 0.4) is 0 Å². The maximum Gasteiger partial charge on any atom is 0.204 e. The number of phenols is 5. The van der Waals surface area contributed by atoms with E-state index in [4.69, 9.17) is 28.3 Å². The summed E-state index contributed by atoms with van der Waals surface area (Å²) in [7, 11) is 19.3. The summed E-state index contributed by atoms with van der Waals surface area (Å²) in [6, 6.07) is 25.7. The van der Waals surface area contributed by atoms with Crippen LogP contribution in [0.15, 0.2) is 84.9 Å². The predicted octanol–water partition coefficient (Wildman–Crippen LogP) is 5.16. The number of para-hydroxylation sites is 1. The molecule has 0 saturated heterocycles. The molecule has 9 heteroatoms. The van der Waals surface area contributed by atoms with E-state index in [1.807, 2.05) is 42.5 Å². The summed E-state index contributed by atoms with van der Waals surface area (Å²) in [5.41, 5.74) is 3.03. The number of fused-ring (bicyclic) bond motifs is 4. The molecule has 0 aromatic heterocycles. The van der Waals surface area contributed by atoms with E-state index < -0.39 is 28.7 Å². The second-order valence-corrected chi connectivity index (χ2v) is 11.0. The van der Waals surface area contributed by atoms with Crippen LogP contribution in [0.25, 0.3) is 65.7 Å². The van der Waals surface area contributed by atoms with Crippen LogP contribution in [0.2, 0.25) is 0 Å². The molecule has 8 rings (SSSR count). The summed E-state index contributed by atoms with van der Waals surface area (Å²) >= 11 is 0. The number of phenolic OH excluding ortho intramolecular Hbond substituents is 5. The third-order valence-corrected chi connectivity index (χ3v) is 8.72. The van der Waals surface area contributed by atoms with Crippen LogP contribution in [0.1, 0.15) is 0 Å². The molecule has 0 fully saturated rings. The average molecular weight is 580 g/mol. The van der Waals surface area contributed by atoms with E-state index in [2.05, 4.69) is 0 Å². The lowest BCUT2D eigenvalue weighted by Crippen LogP contribution is -2.39. The fraction of sp³-hybridized carbons (Fsp3) is 0. The van der Waals surface area contributed by atoms with E-state index in [0.717, 1.165) is 16.5 Å². The van der Waals surface area contributed by atoms with Gasteiger partial charge in [0.2, 0.25) is 11.5 Å². The average Bonchev–Trinajstić information content (AvgIpc) is 3.07. The van der Waals surface area contributed by atoms with Gasteiger partial charge in [-0.2, -0.15) is 0 Å². The molecule has 1 aliphatic rings. The van der Waals surface area contributed by atoms with Gasteiger partial charge in [-0.05, 0) is 45.7 Å². The van der Waals surface area contributed by atoms with Gasteiger partial charge >= 0.3 is 0 Å². The predicted molar refractivity (Wildman–Crippen MR) is 180 cm³/mol. The minimum atomic E-state index is -0.935. The van der Waals surface area contributed by atoms with E-state index in [0.29, 0.717) is 28.0 Å². The van der Waals surface area contributed by atoms with E-state index >= 15 is 0 Å². The van der Waals surface area contributed by atoms with E-state index in [1.165, 1.54) is 0 Å². The normalized spacial score (nSPS) is 12.0. The monoisotopic (exact) mass is 580 g/mol. The fourth-order valence-electron chi connectivity index (χ4n) is 6.69. The molecule has 7 aromatic carbocycles. The molecule has 0 unspecified atom stereocenters. The summed E-state index contributed by atoms with van der Waals surface area (Å²) in [5, 5.41) is 58.2. The molecule has 1 aliphatic heterocycles. The number of rotatable bonds is 2. The summed E-state index contributed by atoms with van der Waals surface area (Å²) in [6.07, 6.45) is 0. The van der Waals surface area contributed by atoms with Crippen LogP contribution < -0.4 is 21.1 Å². The Labute approximate surface area is 260 Å². The topological polar surface area (TPSA) is 110 Å². The van der Waals surface area contributed by atoms with Crippen molar-refractivity contribution in [1.29, 1.82) is 0 Å². The van der Waals surface area contributed by atoms with Crippen LogP contribution in [-0.4, -0.2) is 49.1 Å². The Morgan fingerprint density at radius 2 is 1.02 bits per heavy atom. The molecule has 45 heavy (non-hydrogen) atoms. The third-order valence-electron chi connectivity index (χ3n) is 8.72. The number of hydrogen-bond donors (Lipinski definition) is 5. The Morgan fingerprint density at radius 3 is 1.76 bits per heavy atom. The molecule has 0 saturated carbocycles. The van der Waals surface area contributed by atoms with Crippen LogP contribution in [0.5, 0.6) is 40.2 Å². The molecule has 6 nitrogen and oxygen atoms in total. The van der Waals surface area contributed by atoms with Crippen LogP contribution in [-0.2, 0) is 0 Å². The summed E-state index contributed by atoms with van der Waals surface area (Å²) < 4.78 is 6.28. The van der Waals surface area contributed by atoms with Crippen LogP contribution in [0.4, 0.5) is 0 Å². The quantitative estimate of drug-likeness (QED) is 0.0837. The molecule has 1 heterocycles. The molecule has 7 aromatic rings. The van der Waals surface area contributed by atoms with Gasteiger partial charge in [0, 0.05) is 38.2 Å². The highest BCUT2D eigenvalue weighted by molar-refractivity contribution is 6.62. The maximum atomic E-state index is 11.7. The van der Waals surface area contributed by atoms with Gasteiger partial charge in [-0.25, -0.2) is 0 Å². The van der Waals surface area contributed by atoms with Gasteiger partial charge in [-0.1, -0.05) is 77.7 Å². The van der Waals surface area contributed by atoms with Crippen LogP contribution in [0, 0.1) is 0 Å². The SMILES string of the molecule is [B]c1c([B])c(O)c2c(-c3ccc4c5c(cccc35)-c3ccccc3O4)c3c(O)c(O)c(O)c(O)c3c(-c3ccccc3)c2c1[B]. The Balaban J connectivity index is 1.68. The van der Waals surface area contributed by atoms with Crippen molar-refractivity contribution in [3.8, 4) is 73.6 Å². The highest BCUT2D eigenvalue weighted by Gasteiger charge is 2.31. The first-order valence-electron chi connectivity index (χ1n) is 14.0. The smallest absolute Gasteiger partial charge is 0.204 e. The first kappa shape index (κ1) is 26.9. The molecule has 5 N–H and O–H groups in total. The number of hydrogen-bond acceptors (Lipinski definition) is 6. The Hall–Kier alpha value is -5.69. The largest absolute Gasteiger partial charge is 0.508 e. The van der Waals surface area contributed by atoms with Crippen molar-refractivity contribution in [2.24, 2.45) is 0 Å². The first-order chi connectivity index (χ1) is 21.7. The van der Waals surface area contributed by atoms with E-state index in [9.17, 15) is 25.5 Å². The highest BCUT2D eigenvalue weighted by Crippen LogP contribution is 2.58. The standard InChI is InChI=1S/C36H19B3O6/c37-29-25-22(15-7-2-1-3-8-15)26-28(34(42)36(44)35(43)33(26)41)24(27(25)32(40)31(39)30(29)38)19-13-14-21-23-17(10-6-11-18(19)23)16-9-4-5-12-20(16)45-21/h1-14,40-44H. The van der Waals surface area contributed by atoms with Gasteiger partial charge < -0.3 is 30.3 Å². The van der Waals surface area contributed by atoms with E-state index in [1.54, 1.807) is 42.5 Å². The minimum Gasteiger partial charge on any atom is -0.508 e. The van der Waals surface area contributed by atoms with Gasteiger partial charge in [-0.15, -0.1) is 5.46 Å². The summed E-state index contributed by atoms with van der Waals surface area (Å²) in [4.78, 5) is 0. The van der Waals surface area contributed by atoms with Crippen molar-refractivity contribution < 1.29 is 30.3 Å². The van der Waals surface area contributed by atoms with Crippen molar-refractivity contribution in [1.82, 2.24) is 0 Å². The van der Waals surface area contributed by atoms with Crippen molar-refractivity contribution in [2.45, 2.75) is 0 Å². The van der Waals surface area contributed by atoms with E-state index in [-0.39, 0.29) is 49.1 Å². The van der Waals surface area contributed by atoms with Gasteiger partial charge in [0.15, 0.2) is 11.5 Å². The summed E-state index contributed by atoms with van der Waals surface area (Å²) in [6.45, 7) is 0. The fourth-order valence-corrected chi connectivity index (χ4v) is 6.69. The molecular formula is C36H19B3O6. The lowest BCUT2D eigenvalue weighted by atomic mass is 9.67. The minimum absolute atomic E-state index is 0.0196. The second-order valence-electron chi connectivity index (χ2n) is 11.0. The zero-order chi connectivity index (χ0) is 31.3. The van der Waals surface area contributed by atoms with Crippen molar-refractivity contribution in [3.05, 3.63) is 84.9 Å². The molecule has 6 radical (unpaired) electrons. The zero-order valence-corrected chi connectivity index (χ0v) is 23.5. The van der Waals surface area contributed by atoms with Crippen molar-refractivity contribution in [3.63, 3.8) is 0 Å². The van der Waals surface area contributed by atoms with Gasteiger partial charge in [0.05, 0.1) is 0 Å². The van der Waals surface area contributed by atoms with Crippen LogP contribution >= 0.6 is 0 Å². The molecule has 0 amide bonds. The molecule has 208 valence electrons. The molecule has 0 bridgehead atoms. The van der Waals surface area contributed by atoms with Crippen molar-refractivity contribution in [2.75, 3.05) is 0 Å². The molecular weight excluding hydrogens is 561 g/mol. The molecule has 0 aliphatic carbocycles. The highest BCUT2D eigenvalue weighted by atomic mass is 16.5. The Kier molecular flexibility index (Phi) is 5.62. The maximum absolute atomic E-state index is 11.7.